The molecule has 7 heteroatoms. The van der Waals surface area contributed by atoms with Gasteiger partial charge in [-0.1, -0.05) is 48.0 Å². The molecule has 3 aromatic carbocycles. The number of amides is 1. The molecule has 1 aliphatic heterocycles. The van der Waals surface area contributed by atoms with Crippen LogP contribution in [0.4, 0.5) is 0 Å². The molecular formula is C27H26ClN3O3. The van der Waals surface area contributed by atoms with Gasteiger partial charge in [-0.15, -0.1) is 0 Å². The van der Waals surface area contributed by atoms with Crippen LogP contribution in [0.3, 0.4) is 0 Å². The van der Waals surface area contributed by atoms with Gasteiger partial charge in [-0.05, 0) is 42.0 Å². The lowest BCUT2D eigenvalue weighted by atomic mass is 10.1. The molecule has 2 heterocycles. The second-order valence-electron chi connectivity index (χ2n) is 8.41. The van der Waals surface area contributed by atoms with Crippen molar-refractivity contribution in [1.82, 2.24) is 14.5 Å². The smallest absolute Gasteiger partial charge is 0.223 e. The summed E-state index contributed by atoms with van der Waals surface area (Å²) in [5, 5.41) is 0.591. The lowest BCUT2D eigenvalue weighted by Gasteiger charge is -2.18. The predicted molar refractivity (Wildman–Crippen MR) is 132 cm³/mol. The van der Waals surface area contributed by atoms with Crippen LogP contribution in [0.2, 0.25) is 5.02 Å². The Bertz CT molecular complexity index is 1300. The molecule has 6 nitrogen and oxygen atoms in total. The van der Waals surface area contributed by atoms with Crippen LogP contribution in [0.5, 0.6) is 11.5 Å². The summed E-state index contributed by atoms with van der Waals surface area (Å²) in [6, 6.07) is 23.4. The minimum Gasteiger partial charge on any atom is -0.497 e. The number of hydrogen-bond donors (Lipinski definition) is 0. The highest BCUT2D eigenvalue weighted by atomic mass is 35.5. The van der Waals surface area contributed by atoms with Crippen molar-refractivity contribution >= 4 is 28.5 Å². The standard InChI is InChI=1S/C27H26ClN3O3/c1-33-21-12-10-19(11-13-21)17-30-18-20(16-26(30)32)27-29-23-7-3-4-8-24(23)31(27)14-15-34-25-9-5-2-6-22(25)28/h2-13,20H,14-18H2,1H3. The lowest BCUT2D eigenvalue weighted by Crippen LogP contribution is -2.24. The number of carbonyl (C=O) groups is 1. The number of aromatic nitrogens is 2. The van der Waals surface area contributed by atoms with E-state index in [2.05, 4.69) is 10.6 Å². The topological polar surface area (TPSA) is 56.6 Å². The van der Waals surface area contributed by atoms with Crippen molar-refractivity contribution in [1.29, 1.82) is 0 Å². The number of halogens is 1. The molecule has 1 aromatic heterocycles. The summed E-state index contributed by atoms with van der Waals surface area (Å²) in [5.41, 5.74) is 3.05. The predicted octanol–water partition coefficient (Wildman–Crippen LogP) is 5.29. The lowest BCUT2D eigenvalue weighted by molar-refractivity contribution is -0.128. The first-order valence-corrected chi connectivity index (χ1v) is 11.7. The van der Waals surface area contributed by atoms with Crippen LogP contribution in [-0.4, -0.2) is 40.6 Å². The third kappa shape index (κ3) is 4.59. The molecule has 0 saturated carbocycles. The van der Waals surface area contributed by atoms with Gasteiger partial charge in [0.1, 0.15) is 23.9 Å². The number of nitrogens with zero attached hydrogens (tertiary/aromatic N) is 3. The van der Waals surface area contributed by atoms with Crippen LogP contribution < -0.4 is 9.47 Å². The maximum atomic E-state index is 12.9. The average molecular weight is 476 g/mol. The fourth-order valence-corrected chi connectivity index (χ4v) is 4.69. The number of benzene rings is 3. The van der Waals surface area contributed by atoms with E-state index in [9.17, 15) is 4.79 Å². The Kier molecular flexibility index (Phi) is 6.41. The zero-order chi connectivity index (χ0) is 23.5. The van der Waals surface area contributed by atoms with Crippen molar-refractivity contribution in [2.45, 2.75) is 25.4 Å². The van der Waals surface area contributed by atoms with E-state index in [-0.39, 0.29) is 11.8 Å². The molecule has 0 bridgehead atoms. The van der Waals surface area contributed by atoms with E-state index in [4.69, 9.17) is 26.1 Å². The minimum atomic E-state index is 0.0264. The van der Waals surface area contributed by atoms with Crippen LogP contribution in [0.1, 0.15) is 23.7 Å². The molecule has 34 heavy (non-hydrogen) atoms. The zero-order valence-electron chi connectivity index (χ0n) is 19.0. The molecular weight excluding hydrogens is 450 g/mol. The Labute approximate surface area is 203 Å². The zero-order valence-corrected chi connectivity index (χ0v) is 19.7. The molecule has 0 radical (unpaired) electrons. The van der Waals surface area contributed by atoms with Crippen LogP contribution in [0, 0.1) is 0 Å². The first-order chi connectivity index (χ1) is 16.6. The number of methoxy groups -OCH3 is 1. The van der Waals surface area contributed by atoms with E-state index >= 15 is 0 Å². The first kappa shape index (κ1) is 22.3. The summed E-state index contributed by atoms with van der Waals surface area (Å²) < 4.78 is 13.4. The van der Waals surface area contributed by atoms with Crippen molar-refractivity contribution in [2.75, 3.05) is 20.3 Å². The number of rotatable bonds is 8. The summed E-state index contributed by atoms with van der Waals surface area (Å²) in [5.74, 6) is 2.57. The summed E-state index contributed by atoms with van der Waals surface area (Å²) in [7, 11) is 1.65. The van der Waals surface area contributed by atoms with Gasteiger partial charge in [0, 0.05) is 25.4 Å². The molecule has 1 amide bonds. The van der Waals surface area contributed by atoms with Crippen molar-refractivity contribution in [2.24, 2.45) is 0 Å². The Morgan fingerprint density at radius 2 is 1.79 bits per heavy atom. The molecule has 1 fully saturated rings. The monoisotopic (exact) mass is 475 g/mol. The Balaban J connectivity index is 1.34. The second kappa shape index (κ2) is 9.77. The van der Waals surface area contributed by atoms with Crippen LogP contribution in [0.15, 0.2) is 72.8 Å². The van der Waals surface area contributed by atoms with Gasteiger partial charge in [-0.2, -0.15) is 0 Å². The van der Waals surface area contributed by atoms with Gasteiger partial charge in [-0.25, -0.2) is 4.98 Å². The van der Waals surface area contributed by atoms with Crippen molar-refractivity contribution in [3.8, 4) is 11.5 Å². The molecule has 1 unspecified atom stereocenters. The van der Waals surface area contributed by atoms with Gasteiger partial charge in [0.15, 0.2) is 0 Å². The van der Waals surface area contributed by atoms with Crippen molar-refractivity contribution in [3.63, 3.8) is 0 Å². The van der Waals surface area contributed by atoms with Gasteiger partial charge in [0.05, 0.1) is 29.7 Å². The number of ether oxygens (including phenoxy) is 2. The third-order valence-electron chi connectivity index (χ3n) is 6.21. The molecule has 1 saturated heterocycles. The fourth-order valence-electron chi connectivity index (χ4n) is 4.50. The SMILES string of the molecule is COc1ccc(CN2CC(c3nc4ccccc4n3CCOc3ccccc3Cl)CC2=O)cc1. The summed E-state index contributed by atoms with van der Waals surface area (Å²) in [6.07, 6.45) is 0.449. The molecule has 174 valence electrons. The molecule has 1 atom stereocenters. The van der Waals surface area contributed by atoms with E-state index in [1.807, 2.05) is 71.6 Å². The largest absolute Gasteiger partial charge is 0.497 e. The highest BCUT2D eigenvalue weighted by Gasteiger charge is 2.34. The maximum absolute atomic E-state index is 12.9. The third-order valence-corrected chi connectivity index (χ3v) is 6.52. The van der Waals surface area contributed by atoms with Gasteiger partial charge >= 0.3 is 0 Å². The van der Waals surface area contributed by atoms with E-state index in [1.54, 1.807) is 7.11 Å². The number of para-hydroxylation sites is 3. The highest BCUT2D eigenvalue weighted by molar-refractivity contribution is 6.32. The Hall–Kier alpha value is -3.51. The van der Waals surface area contributed by atoms with Gasteiger partial charge in [0.25, 0.3) is 0 Å². The molecule has 1 aliphatic rings. The first-order valence-electron chi connectivity index (χ1n) is 11.4. The Morgan fingerprint density at radius 3 is 2.59 bits per heavy atom. The van der Waals surface area contributed by atoms with Crippen LogP contribution >= 0.6 is 11.6 Å². The summed E-state index contributed by atoms with van der Waals surface area (Å²) in [4.78, 5) is 19.7. The number of hydrogen-bond acceptors (Lipinski definition) is 4. The quantitative estimate of drug-likeness (QED) is 0.347. The van der Waals surface area contributed by atoms with Gasteiger partial charge < -0.3 is 18.9 Å². The summed E-state index contributed by atoms with van der Waals surface area (Å²) >= 11 is 6.24. The van der Waals surface area contributed by atoms with Crippen molar-refractivity contribution in [3.05, 3.63) is 89.2 Å². The number of carbonyl (C=O) groups excluding carboxylic acids is 1. The van der Waals surface area contributed by atoms with E-state index in [0.717, 1.165) is 28.2 Å². The average Bonchev–Trinajstić information content (AvgIpc) is 3.41. The normalized spacial score (nSPS) is 15.8. The molecule has 5 rings (SSSR count). The number of imidazole rings is 1. The van der Waals surface area contributed by atoms with Gasteiger partial charge in [-0.3, -0.25) is 4.79 Å². The number of likely N-dealkylation sites (tertiary alicyclic amines) is 1. The molecule has 0 aliphatic carbocycles. The van der Waals surface area contributed by atoms with E-state index < -0.39 is 0 Å². The van der Waals surface area contributed by atoms with Crippen LogP contribution in [0.25, 0.3) is 11.0 Å². The van der Waals surface area contributed by atoms with E-state index in [1.165, 1.54) is 0 Å². The Morgan fingerprint density at radius 1 is 1.03 bits per heavy atom. The molecule has 0 N–H and O–H groups in total. The van der Waals surface area contributed by atoms with Crippen molar-refractivity contribution < 1.29 is 14.3 Å². The highest BCUT2D eigenvalue weighted by Crippen LogP contribution is 2.32. The maximum Gasteiger partial charge on any atom is 0.223 e. The minimum absolute atomic E-state index is 0.0264. The molecule has 0 spiro atoms. The molecule has 4 aromatic rings. The second-order valence-corrected chi connectivity index (χ2v) is 8.82. The summed E-state index contributed by atoms with van der Waals surface area (Å²) in [6.45, 7) is 2.28. The number of fused-ring (bicyclic) bond motifs is 1. The van der Waals surface area contributed by atoms with E-state index in [0.29, 0.717) is 43.4 Å². The fraction of sp³-hybridized carbons (Fsp3) is 0.259. The van der Waals surface area contributed by atoms with Gasteiger partial charge in [0.2, 0.25) is 5.91 Å². The van der Waals surface area contributed by atoms with Crippen LogP contribution in [-0.2, 0) is 17.9 Å².